The van der Waals surface area contributed by atoms with E-state index in [4.69, 9.17) is 0 Å². The molecule has 0 aromatic carbocycles. The van der Waals surface area contributed by atoms with Gasteiger partial charge in [-0.1, -0.05) is 0 Å². The lowest BCUT2D eigenvalue weighted by Gasteiger charge is -2.31. The highest BCUT2D eigenvalue weighted by Crippen LogP contribution is 2.32. The van der Waals surface area contributed by atoms with Gasteiger partial charge in [0.15, 0.2) is 0 Å². The number of aromatic nitrogens is 2. The number of fused-ring (bicyclic) bond motifs is 1. The van der Waals surface area contributed by atoms with Crippen LogP contribution in [0.2, 0.25) is 0 Å². The summed E-state index contributed by atoms with van der Waals surface area (Å²) >= 11 is 0. The van der Waals surface area contributed by atoms with Crippen LogP contribution in [0.5, 0.6) is 0 Å². The van der Waals surface area contributed by atoms with E-state index in [0.717, 1.165) is 49.8 Å². The minimum Gasteiger partial charge on any atom is -0.356 e. The standard InChI is InChI=1S/C17H26N6O/c1-21-11-15(24)23(13-5-6-18-9-13)10-14-16(21)19-12-20-17(14)22-7-3-2-4-8-22/h12-13,18H,2-11H2,1H3. The number of nitrogens with one attached hydrogen (secondary N) is 1. The molecule has 7 heteroatoms. The lowest BCUT2D eigenvalue weighted by molar-refractivity contribution is -0.132. The maximum atomic E-state index is 12.8. The van der Waals surface area contributed by atoms with Crippen LogP contribution >= 0.6 is 0 Å². The molecular weight excluding hydrogens is 304 g/mol. The topological polar surface area (TPSA) is 64.6 Å². The summed E-state index contributed by atoms with van der Waals surface area (Å²) in [6.07, 6.45) is 6.39. The fourth-order valence-electron chi connectivity index (χ4n) is 4.11. The second kappa shape index (κ2) is 6.55. The van der Waals surface area contributed by atoms with Gasteiger partial charge in [0, 0.05) is 32.7 Å². The summed E-state index contributed by atoms with van der Waals surface area (Å²) < 4.78 is 0. The molecule has 0 spiro atoms. The molecular formula is C17H26N6O. The van der Waals surface area contributed by atoms with E-state index in [0.29, 0.717) is 13.1 Å². The summed E-state index contributed by atoms with van der Waals surface area (Å²) in [5, 5.41) is 3.37. The maximum Gasteiger partial charge on any atom is 0.242 e. The van der Waals surface area contributed by atoms with Crippen LogP contribution in [0.1, 0.15) is 31.2 Å². The van der Waals surface area contributed by atoms with Gasteiger partial charge < -0.3 is 20.0 Å². The predicted octanol–water partition coefficient (Wildman–Crippen LogP) is 0.607. The van der Waals surface area contributed by atoms with E-state index in [1.807, 2.05) is 16.8 Å². The number of hydrogen-bond donors (Lipinski definition) is 1. The first-order valence-corrected chi connectivity index (χ1v) is 9.04. The van der Waals surface area contributed by atoms with E-state index in [1.165, 1.54) is 19.3 Å². The SMILES string of the molecule is CN1CC(=O)N(C2CCNC2)Cc2c1ncnc2N1CCCCC1. The van der Waals surface area contributed by atoms with Crippen molar-refractivity contribution in [3.05, 3.63) is 11.9 Å². The molecule has 0 aliphatic carbocycles. The van der Waals surface area contributed by atoms with Crippen molar-refractivity contribution in [3.8, 4) is 0 Å². The summed E-state index contributed by atoms with van der Waals surface area (Å²) in [6.45, 7) is 4.98. The van der Waals surface area contributed by atoms with Gasteiger partial charge in [0.2, 0.25) is 5.91 Å². The van der Waals surface area contributed by atoms with Crippen molar-refractivity contribution in [2.24, 2.45) is 0 Å². The zero-order chi connectivity index (χ0) is 16.5. The van der Waals surface area contributed by atoms with Crippen molar-refractivity contribution in [1.29, 1.82) is 0 Å². The van der Waals surface area contributed by atoms with Gasteiger partial charge in [0.05, 0.1) is 18.7 Å². The first kappa shape index (κ1) is 15.6. The molecule has 3 aliphatic rings. The van der Waals surface area contributed by atoms with Gasteiger partial charge in [0.25, 0.3) is 0 Å². The number of anilines is 2. The minimum absolute atomic E-state index is 0.189. The number of carbonyl (C=O) groups is 1. The summed E-state index contributed by atoms with van der Waals surface area (Å²) in [4.78, 5) is 28.3. The number of likely N-dealkylation sites (N-methyl/N-ethyl adjacent to an activating group) is 1. The second-order valence-electron chi connectivity index (χ2n) is 7.07. The molecule has 1 aromatic heterocycles. The molecule has 0 radical (unpaired) electrons. The van der Waals surface area contributed by atoms with Gasteiger partial charge in [-0.2, -0.15) is 0 Å². The normalized spacial score (nSPS) is 25.0. The van der Waals surface area contributed by atoms with Gasteiger partial charge in [0.1, 0.15) is 18.0 Å². The van der Waals surface area contributed by atoms with Crippen molar-refractivity contribution >= 4 is 17.5 Å². The minimum atomic E-state index is 0.189. The van der Waals surface area contributed by atoms with Crippen LogP contribution in [0.25, 0.3) is 0 Å². The van der Waals surface area contributed by atoms with Crippen LogP contribution in [0.15, 0.2) is 6.33 Å². The number of hydrogen-bond acceptors (Lipinski definition) is 6. The van der Waals surface area contributed by atoms with Crippen molar-refractivity contribution in [3.63, 3.8) is 0 Å². The molecule has 3 aliphatic heterocycles. The summed E-state index contributed by atoms with van der Waals surface area (Å²) in [6, 6.07) is 0.284. The Balaban J connectivity index is 1.70. The summed E-state index contributed by atoms with van der Waals surface area (Å²) in [7, 11) is 1.96. The quantitative estimate of drug-likeness (QED) is 0.857. The average Bonchev–Trinajstić information content (AvgIpc) is 3.10. The number of amides is 1. The van der Waals surface area contributed by atoms with Crippen LogP contribution in [0.3, 0.4) is 0 Å². The molecule has 4 heterocycles. The molecule has 7 nitrogen and oxygen atoms in total. The third-order valence-electron chi connectivity index (χ3n) is 5.41. The Morgan fingerprint density at radius 3 is 2.67 bits per heavy atom. The molecule has 0 bridgehead atoms. The molecule has 130 valence electrons. The number of nitrogens with zero attached hydrogens (tertiary/aromatic N) is 5. The van der Waals surface area contributed by atoms with Crippen LogP contribution in [0.4, 0.5) is 11.6 Å². The molecule has 24 heavy (non-hydrogen) atoms. The highest BCUT2D eigenvalue weighted by molar-refractivity contribution is 5.84. The molecule has 2 fully saturated rings. The van der Waals surface area contributed by atoms with Crippen molar-refractivity contribution in [1.82, 2.24) is 20.2 Å². The molecule has 2 saturated heterocycles. The van der Waals surface area contributed by atoms with E-state index in [2.05, 4.69) is 20.2 Å². The van der Waals surface area contributed by atoms with E-state index in [9.17, 15) is 4.79 Å². The molecule has 1 aromatic rings. The van der Waals surface area contributed by atoms with E-state index >= 15 is 0 Å². The zero-order valence-electron chi connectivity index (χ0n) is 14.4. The number of piperidine rings is 1. The summed E-state index contributed by atoms with van der Waals surface area (Å²) in [5.41, 5.74) is 1.11. The van der Waals surface area contributed by atoms with E-state index < -0.39 is 0 Å². The number of rotatable bonds is 2. The Hall–Kier alpha value is -1.89. The Kier molecular flexibility index (Phi) is 4.26. The smallest absolute Gasteiger partial charge is 0.242 e. The predicted molar refractivity (Wildman–Crippen MR) is 93.2 cm³/mol. The average molecular weight is 330 g/mol. The van der Waals surface area contributed by atoms with Gasteiger partial charge in [-0.05, 0) is 32.2 Å². The molecule has 1 N–H and O–H groups in total. The second-order valence-corrected chi connectivity index (χ2v) is 7.07. The third kappa shape index (κ3) is 2.81. The van der Waals surface area contributed by atoms with E-state index in [1.54, 1.807) is 6.33 Å². The Morgan fingerprint density at radius 1 is 1.12 bits per heavy atom. The monoisotopic (exact) mass is 330 g/mol. The lowest BCUT2D eigenvalue weighted by atomic mass is 10.1. The van der Waals surface area contributed by atoms with Gasteiger partial charge >= 0.3 is 0 Å². The first-order chi connectivity index (χ1) is 11.7. The highest BCUT2D eigenvalue weighted by atomic mass is 16.2. The molecule has 1 amide bonds. The summed E-state index contributed by atoms with van der Waals surface area (Å²) in [5.74, 6) is 2.12. The fraction of sp³-hybridized carbons (Fsp3) is 0.706. The Bertz CT molecular complexity index is 609. The Morgan fingerprint density at radius 2 is 1.92 bits per heavy atom. The molecule has 1 unspecified atom stereocenters. The number of carbonyl (C=O) groups excluding carboxylic acids is 1. The van der Waals surface area contributed by atoms with Crippen LogP contribution < -0.4 is 15.1 Å². The maximum absolute atomic E-state index is 12.8. The zero-order valence-corrected chi connectivity index (χ0v) is 14.4. The Labute approximate surface area is 143 Å². The van der Waals surface area contributed by atoms with Crippen LogP contribution in [-0.2, 0) is 11.3 Å². The van der Waals surface area contributed by atoms with Gasteiger partial charge in [-0.25, -0.2) is 9.97 Å². The van der Waals surface area contributed by atoms with Gasteiger partial charge in [-0.3, -0.25) is 4.79 Å². The third-order valence-corrected chi connectivity index (χ3v) is 5.41. The largest absolute Gasteiger partial charge is 0.356 e. The highest BCUT2D eigenvalue weighted by Gasteiger charge is 2.33. The van der Waals surface area contributed by atoms with Crippen molar-refractivity contribution < 1.29 is 4.79 Å². The van der Waals surface area contributed by atoms with E-state index in [-0.39, 0.29) is 11.9 Å². The van der Waals surface area contributed by atoms with Crippen LogP contribution in [0, 0.1) is 0 Å². The van der Waals surface area contributed by atoms with Gasteiger partial charge in [-0.15, -0.1) is 0 Å². The molecule has 0 saturated carbocycles. The van der Waals surface area contributed by atoms with Crippen molar-refractivity contribution in [2.75, 3.05) is 49.6 Å². The molecule has 1 atom stereocenters. The van der Waals surface area contributed by atoms with Crippen LogP contribution in [-0.4, -0.2) is 66.6 Å². The fourth-order valence-corrected chi connectivity index (χ4v) is 4.11. The lowest BCUT2D eigenvalue weighted by Crippen LogP contribution is -2.43. The first-order valence-electron chi connectivity index (χ1n) is 9.04. The van der Waals surface area contributed by atoms with Crippen molar-refractivity contribution in [2.45, 2.75) is 38.3 Å². The molecule has 4 rings (SSSR count).